The summed E-state index contributed by atoms with van der Waals surface area (Å²) in [4.78, 5) is 14.0. The van der Waals surface area contributed by atoms with E-state index >= 15 is 0 Å². The van der Waals surface area contributed by atoms with Gasteiger partial charge in [0.15, 0.2) is 9.84 Å². The first kappa shape index (κ1) is 18.1. The van der Waals surface area contributed by atoms with Gasteiger partial charge in [-0.2, -0.15) is 0 Å². The van der Waals surface area contributed by atoms with Crippen LogP contribution in [0.4, 0.5) is 4.39 Å². The van der Waals surface area contributed by atoms with Crippen molar-refractivity contribution in [1.29, 1.82) is 0 Å². The molecule has 4 nitrogen and oxygen atoms in total. The topological polar surface area (TPSA) is 54.5 Å². The summed E-state index contributed by atoms with van der Waals surface area (Å²) in [6, 6.07) is 4.20. The van der Waals surface area contributed by atoms with E-state index in [1.807, 2.05) is 6.92 Å². The second-order valence-corrected chi connectivity index (χ2v) is 8.73. The van der Waals surface area contributed by atoms with Gasteiger partial charge in [-0.3, -0.25) is 4.79 Å². The summed E-state index contributed by atoms with van der Waals surface area (Å²) in [7, 11) is -3.06. The Kier molecular flexibility index (Phi) is 5.97. The number of sulfone groups is 1. The van der Waals surface area contributed by atoms with Gasteiger partial charge in [0.25, 0.3) is 0 Å². The normalized spacial score (nSPS) is 20.0. The van der Waals surface area contributed by atoms with Crippen molar-refractivity contribution in [3.63, 3.8) is 0 Å². The Morgan fingerprint density at radius 2 is 2.22 bits per heavy atom. The molecule has 0 N–H and O–H groups in total. The third kappa shape index (κ3) is 4.88. The van der Waals surface area contributed by atoms with E-state index in [-0.39, 0.29) is 23.5 Å². The maximum absolute atomic E-state index is 13.7. The number of nitrogens with zero attached hydrogens (tertiary/aromatic N) is 1. The van der Waals surface area contributed by atoms with Gasteiger partial charge in [-0.25, -0.2) is 12.8 Å². The molecule has 0 spiro atoms. The maximum atomic E-state index is 13.7. The molecule has 126 valence electrons. The highest BCUT2D eigenvalue weighted by molar-refractivity contribution is 9.10. The number of carbonyl (C=O) groups excluding carboxylic acids is 1. The van der Waals surface area contributed by atoms with Gasteiger partial charge >= 0.3 is 0 Å². The van der Waals surface area contributed by atoms with Crippen molar-refractivity contribution < 1.29 is 17.6 Å². The van der Waals surface area contributed by atoms with Crippen LogP contribution in [0.2, 0.25) is 0 Å². The smallest absolute Gasteiger partial charge is 0.246 e. The fraction of sp³-hybridized carbons (Fsp3) is 0.438. The molecule has 0 aromatic heterocycles. The van der Waals surface area contributed by atoms with Crippen LogP contribution in [-0.2, 0) is 14.6 Å². The van der Waals surface area contributed by atoms with Crippen molar-refractivity contribution in [2.45, 2.75) is 25.8 Å². The zero-order valence-electron chi connectivity index (χ0n) is 12.8. The average molecular weight is 404 g/mol. The molecule has 1 aromatic rings. The minimum absolute atomic E-state index is 0.0117. The summed E-state index contributed by atoms with van der Waals surface area (Å²) < 4.78 is 37.7. The molecule has 2 rings (SSSR count). The van der Waals surface area contributed by atoms with Crippen LogP contribution in [-0.4, -0.2) is 43.3 Å². The number of benzene rings is 1. The molecule has 0 bridgehead atoms. The first-order chi connectivity index (χ1) is 10.8. The monoisotopic (exact) mass is 403 g/mol. The minimum Gasteiger partial charge on any atom is -0.335 e. The van der Waals surface area contributed by atoms with Crippen molar-refractivity contribution in [3.8, 4) is 0 Å². The van der Waals surface area contributed by atoms with Crippen LogP contribution in [0.15, 0.2) is 28.7 Å². The molecule has 0 radical (unpaired) electrons. The fourth-order valence-corrected chi connectivity index (χ4v) is 4.74. The first-order valence-electron chi connectivity index (χ1n) is 7.46. The molecular formula is C16H19BrFNO3S. The molecule has 1 aliphatic heterocycles. The number of amides is 1. The number of carbonyl (C=O) groups is 1. The SMILES string of the molecule is CCCN(C(=O)/C=C/c1cc(Br)ccc1F)C1CCS(=O)(=O)C1. The molecule has 1 aliphatic rings. The molecular weight excluding hydrogens is 385 g/mol. The average Bonchev–Trinajstić information content (AvgIpc) is 2.85. The van der Waals surface area contributed by atoms with E-state index in [0.717, 1.165) is 10.9 Å². The highest BCUT2D eigenvalue weighted by atomic mass is 79.9. The van der Waals surface area contributed by atoms with Crippen LogP contribution >= 0.6 is 15.9 Å². The first-order valence-corrected chi connectivity index (χ1v) is 10.1. The third-order valence-corrected chi connectivity index (χ3v) is 6.00. The standard InChI is InChI=1S/C16H19BrFNO3S/c1-2-8-19(14-7-9-23(21,22)11-14)16(20)6-3-12-10-13(17)4-5-15(12)18/h3-6,10,14H,2,7-9,11H2,1H3/b6-3+. The molecule has 1 aromatic carbocycles. The van der Waals surface area contributed by atoms with Crippen molar-refractivity contribution >= 4 is 37.8 Å². The number of rotatable bonds is 5. The Labute approximate surface area is 144 Å². The van der Waals surface area contributed by atoms with Gasteiger partial charge in [-0.1, -0.05) is 22.9 Å². The fourth-order valence-electron chi connectivity index (χ4n) is 2.63. The molecule has 1 heterocycles. The zero-order valence-corrected chi connectivity index (χ0v) is 15.2. The van der Waals surface area contributed by atoms with Crippen LogP contribution in [0.1, 0.15) is 25.3 Å². The van der Waals surface area contributed by atoms with E-state index in [1.54, 1.807) is 17.0 Å². The van der Waals surface area contributed by atoms with Gasteiger partial charge in [0.1, 0.15) is 5.82 Å². The summed E-state index contributed by atoms with van der Waals surface area (Å²) >= 11 is 3.26. The van der Waals surface area contributed by atoms with Crippen molar-refractivity contribution in [3.05, 3.63) is 40.1 Å². The van der Waals surface area contributed by atoms with Crippen LogP contribution in [0.25, 0.3) is 6.08 Å². The molecule has 0 saturated carbocycles. The lowest BCUT2D eigenvalue weighted by atomic mass is 10.1. The molecule has 0 aliphatic carbocycles. The summed E-state index contributed by atoms with van der Waals surface area (Å²) in [6.07, 6.45) is 3.94. The number of hydrogen-bond donors (Lipinski definition) is 0. The molecule has 1 fully saturated rings. The van der Waals surface area contributed by atoms with E-state index in [0.29, 0.717) is 18.5 Å². The lowest BCUT2D eigenvalue weighted by molar-refractivity contribution is -0.127. The van der Waals surface area contributed by atoms with Gasteiger partial charge in [0, 0.05) is 28.7 Å². The van der Waals surface area contributed by atoms with Crippen molar-refractivity contribution in [2.24, 2.45) is 0 Å². The molecule has 1 amide bonds. The van der Waals surface area contributed by atoms with E-state index in [9.17, 15) is 17.6 Å². The molecule has 23 heavy (non-hydrogen) atoms. The molecule has 1 unspecified atom stereocenters. The van der Waals surface area contributed by atoms with Crippen LogP contribution < -0.4 is 0 Å². The van der Waals surface area contributed by atoms with Crippen molar-refractivity contribution in [2.75, 3.05) is 18.1 Å². The van der Waals surface area contributed by atoms with Crippen LogP contribution in [0.3, 0.4) is 0 Å². The van der Waals surface area contributed by atoms with E-state index < -0.39 is 15.7 Å². The Morgan fingerprint density at radius 1 is 1.48 bits per heavy atom. The van der Waals surface area contributed by atoms with Gasteiger partial charge in [0.2, 0.25) is 5.91 Å². The molecule has 7 heteroatoms. The Hall–Kier alpha value is -1.21. The van der Waals surface area contributed by atoms with Crippen molar-refractivity contribution in [1.82, 2.24) is 4.90 Å². The van der Waals surface area contributed by atoms with Crippen LogP contribution in [0, 0.1) is 5.82 Å². The predicted octanol–water partition coefficient (Wildman–Crippen LogP) is 3.03. The lowest BCUT2D eigenvalue weighted by Crippen LogP contribution is -2.40. The minimum atomic E-state index is -3.06. The van der Waals surface area contributed by atoms with E-state index in [1.165, 1.54) is 18.2 Å². The Bertz CT molecular complexity index is 718. The quantitative estimate of drug-likeness (QED) is 0.709. The summed E-state index contributed by atoms with van der Waals surface area (Å²) in [5.74, 6) is -0.566. The Morgan fingerprint density at radius 3 is 2.83 bits per heavy atom. The molecule has 1 saturated heterocycles. The third-order valence-electron chi connectivity index (χ3n) is 3.76. The summed E-state index contributed by atoms with van der Waals surface area (Å²) in [6.45, 7) is 2.42. The largest absolute Gasteiger partial charge is 0.335 e. The summed E-state index contributed by atoms with van der Waals surface area (Å²) in [5, 5.41) is 0. The van der Waals surface area contributed by atoms with E-state index in [2.05, 4.69) is 15.9 Å². The highest BCUT2D eigenvalue weighted by Gasteiger charge is 2.33. The highest BCUT2D eigenvalue weighted by Crippen LogP contribution is 2.20. The van der Waals surface area contributed by atoms with Gasteiger partial charge in [-0.05, 0) is 37.1 Å². The predicted molar refractivity (Wildman–Crippen MR) is 92.2 cm³/mol. The Balaban J connectivity index is 2.15. The summed E-state index contributed by atoms with van der Waals surface area (Å²) in [5.41, 5.74) is 0.309. The second kappa shape index (κ2) is 7.57. The zero-order chi connectivity index (χ0) is 17.0. The lowest BCUT2D eigenvalue weighted by Gasteiger charge is -2.26. The molecule has 1 atom stereocenters. The van der Waals surface area contributed by atoms with E-state index in [4.69, 9.17) is 0 Å². The number of halogens is 2. The van der Waals surface area contributed by atoms with Gasteiger partial charge in [0.05, 0.1) is 11.5 Å². The van der Waals surface area contributed by atoms with Crippen LogP contribution in [0.5, 0.6) is 0 Å². The van der Waals surface area contributed by atoms with Gasteiger partial charge in [-0.15, -0.1) is 0 Å². The second-order valence-electron chi connectivity index (χ2n) is 5.59. The van der Waals surface area contributed by atoms with Gasteiger partial charge < -0.3 is 4.90 Å². The number of hydrogen-bond acceptors (Lipinski definition) is 3. The maximum Gasteiger partial charge on any atom is 0.246 e.